The smallest absolute Gasteiger partial charge is 0.0623 e. The Hall–Kier alpha value is -0.0800. The Labute approximate surface area is 42.9 Å². The summed E-state index contributed by atoms with van der Waals surface area (Å²) in [5.74, 6) is 0.861. The molecule has 2 atom stereocenters. The number of hydrogen-bond acceptors (Lipinski definition) is 2. The van der Waals surface area contributed by atoms with E-state index in [2.05, 4.69) is 5.32 Å². The quantitative estimate of drug-likeness (QED) is 0.446. The molecular formula is C5H9NO. The molecule has 2 heteroatoms. The predicted octanol–water partition coefficient (Wildman–Crippen LogP) is -0.395. The van der Waals surface area contributed by atoms with Gasteiger partial charge in [0.2, 0.25) is 0 Å². The largest absolute Gasteiger partial charge is 0.379 e. The topological polar surface area (TPSA) is 21.3 Å². The van der Waals surface area contributed by atoms with Gasteiger partial charge in [-0.25, -0.2) is 0 Å². The summed E-state index contributed by atoms with van der Waals surface area (Å²) >= 11 is 0. The third-order valence-electron chi connectivity index (χ3n) is 1.84. The maximum Gasteiger partial charge on any atom is 0.0623 e. The third kappa shape index (κ3) is 0.409. The molecule has 0 amide bonds. The van der Waals surface area contributed by atoms with Gasteiger partial charge < -0.3 is 10.1 Å². The fourth-order valence-electron chi connectivity index (χ4n) is 1.17. The average Bonchev–Trinajstić information content (AvgIpc) is 1.85. The zero-order valence-electron chi connectivity index (χ0n) is 4.18. The zero-order chi connectivity index (χ0) is 4.69. The molecule has 0 radical (unpaired) electrons. The van der Waals surface area contributed by atoms with Crippen molar-refractivity contribution in [2.24, 2.45) is 5.92 Å². The summed E-state index contributed by atoms with van der Waals surface area (Å²) in [6.45, 7) is 3.13. The number of nitrogens with one attached hydrogen (secondary N) is 1. The van der Waals surface area contributed by atoms with Gasteiger partial charge in [0.15, 0.2) is 0 Å². The van der Waals surface area contributed by atoms with E-state index in [1.807, 2.05) is 0 Å². The highest BCUT2D eigenvalue weighted by Crippen LogP contribution is 2.19. The minimum Gasteiger partial charge on any atom is -0.379 e. The summed E-state index contributed by atoms with van der Waals surface area (Å²) in [7, 11) is 0. The van der Waals surface area contributed by atoms with Gasteiger partial charge in [-0.05, 0) is 0 Å². The molecular weight excluding hydrogens is 90.1 g/mol. The van der Waals surface area contributed by atoms with Crippen LogP contribution >= 0.6 is 0 Å². The van der Waals surface area contributed by atoms with Crippen molar-refractivity contribution < 1.29 is 4.74 Å². The van der Waals surface area contributed by atoms with Crippen LogP contribution in [0.2, 0.25) is 0 Å². The molecule has 0 aliphatic carbocycles. The van der Waals surface area contributed by atoms with Crippen molar-refractivity contribution in [2.75, 3.05) is 19.8 Å². The molecule has 7 heavy (non-hydrogen) atoms. The molecule has 0 aromatic heterocycles. The molecule has 2 nitrogen and oxygen atoms in total. The van der Waals surface area contributed by atoms with Crippen LogP contribution in [-0.2, 0) is 4.74 Å². The second kappa shape index (κ2) is 1.20. The van der Waals surface area contributed by atoms with E-state index < -0.39 is 0 Å². The van der Waals surface area contributed by atoms with E-state index in [1.165, 1.54) is 6.54 Å². The van der Waals surface area contributed by atoms with Gasteiger partial charge in [-0.15, -0.1) is 0 Å². The normalized spacial score (nSPS) is 48.0. The Kier molecular flexibility index (Phi) is 0.664. The van der Waals surface area contributed by atoms with Crippen molar-refractivity contribution in [1.29, 1.82) is 0 Å². The average molecular weight is 99.1 g/mol. The number of fused-ring (bicyclic) bond motifs is 1. The van der Waals surface area contributed by atoms with Crippen LogP contribution in [0.4, 0.5) is 0 Å². The van der Waals surface area contributed by atoms with E-state index in [4.69, 9.17) is 4.74 Å². The van der Waals surface area contributed by atoms with Crippen LogP contribution in [0.25, 0.3) is 0 Å². The third-order valence-corrected chi connectivity index (χ3v) is 1.84. The minimum atomic E-state index is 0.722. The van der Waals surface area contributed by atoms with Crippen LogP contribution in [0.15, 0.2) is 0 Å². The van der Waals surface area contributed by atoms with E-state index in [-0.39, 0.29) is 0 Å². The Morgan fingerprint density at radius 3 is 2.71 bits per heavy atom. The van der Waals surface area contributed by atoms with E-state index in [9.17, 15) is 0 Å². The van der Waals surface area contributed by atoms with E-state index >= 15 is 0 Å². The van der Waals surface area contributed by atoms with Gasteiger partial charge in [0.25, 0.3) is 0 Å². The van der Waals surface area contributed by atoms with Crippen LogP contribution < -0.4 is 5.32 Å². The molecule has 0 aromatic rings. The van der Waals surface area contributed by atoms with E-state index in [1.54, 1.807) is 0 Å². The van der Waals surface area contributed by atoms with Gasteiger partial charge in [0, 0.05) is 18.5 Å². The summed E-state index contributed by atoms with van der Waals surface area (Å²) in [5.41, 5.74) is 0. The van der Waals surface area contributed by atoms with Gasteiger partial charge in [-0.1, -0.05) is 0 Å². The summed E-state index contributed by atoms with van der Waals surface area (Å²) < 4.78 is 5.17. The van der Waals surface area contributed by atoms with Crippen molar-refractivity contribution in [1.82, 2.24) is 5.32 Å². The Morgan fingerprint density at radius 1 is 1.43 bits per heavy atom. The molecule has 2 fully saturated rings. The van der Waals surface area contributed by atoms with Gasteiger partial charge >= 0.3 is 0 Å². The van der Waals surface area contributed by atoms with Crippen molar-refractivity contribution in [3.05, 3.63) is 0 Å². The fourth-order valence-corrected chi connectivity index (χ4v) is 1.17. The van der Waals surface area contributed by atoms with E-state index in [0.717, 1.165) is 25.2 Å². The first kappa shape index (κ1) is 3.87. The summed E-state index contributed by atoms with van der Waals surface area (Å²) in [6.07, 6.45) is 0. The lowest BCUT2D eigenvalue weighted by Gasteiger charge is -2.29. The highest BCUT2D eigenvalue weighted by atomic mass is 16.5. The maximum atomic E-state index is 5.17. The minimum absolute atomic E-state index is 0.722. The lowest BCUT2D eigenvalue weighted by molar-refractivity contribution is 0.191. The second-order valence-corrected chi connectivity index (χ2v) is 2.31. The van der Waals surface area contributed by atoms with Crippen molar-refractivity contribution in [2.45, 2.75) is 6.04 Å². The van der Waals surface area contributed by atoms with Gasteiger partial charge in [-0.2, -0.15) is 0 Å². The zero-order valence-corrected chi connectivity index (χ0v) is 4.18. The van der Waals surface area contributed by atoms with Crippen LogP contribution in [0.3, 0.4) is 0 Å². The predicted molar refractivity (Wildman–Crippen MR) is 26.1 cm³/mol. The molecule has 0 spiro atoms. The summed E-state index contributed by atoms with van der Waals surface area (Å²) in [6, 6.07) is 0.722. The van der Waals surface area contributed by atoms with Crippen LogP contribution in [-0.4, -0.2) is 25.8 Å². The molecule has 0 bridgehead atoms. The van der Waals surface area contributed by atoms with Crippen LogP contribution in [0, 0.1) is 5.92 Å². The summed E-state index contributed by atoms with van der Waals surface area (Å²) in [5, 5.41) is 3.28. The molecule has 1 N–H and O–H groups in total. The lowest BCUT2D eigenvalue weighted by Crippen LogP contribution is -2.51. The summed E-state index contributed by atoms with van der Waals surface area (Å²) in [4.78, 5) is 0. The molecule has 2 unspecified atom stereocenters. The van der Waals surface area contributed by atoms with E-state index in [0.29, 0.717) is 0 Å². The molecule has 0 aromatic carbocycles. The van der Waals surface area contributed by atoms with Gasteiger partial charge in [0.1, 0.15) is 0 Å². The Bertz CT molecular complexity index is 74.1. The van der Waals surface area contributed by atoms with Crippen LogP contribution in [0.1, 0.15) is 0 Å². The molecule has 2 aliphatic rings. The van der Waals surface area contributed by atoms with Gasteiger partial charge in [0.05, 0.1) is 13.2 Å². The van der Waals surface area contributed by atoms with Crippen molar-refractivity contribution in [3.8, 4) is 0 Å². The monoisotopic (exact) mass is 99.1 g/mol. The maximum absolute atomic E-state index is 5.17. The molecule has 2 rings (SSSR count). The second-order valence-electron chi connectivity index (χ2n) is 2.31. The molecule has 0 saturated carbocycles. The first-order valence-electron chi connectivity index (χ1n) is 2.78. The molecule has 40 valence electrons. The fraction of sp³-hybridized carbons (Fsp3) is 1.00. The molecule has 2 aliphatic heterocycles. The number of ether oxygens (including phenoxy) is 1. The number of hydrogen-bond donors (Lipinski definition) is 1. The van der Waals surface area contributed by atoms with Crippen molar-refractivity contribution >= 4 is 0 Å². The number of rotatable bonds is 0. The van der Waals surface area contributed by atoms with Crippen molar-refractivity contribution in [3.63, 3.8) is 0 Å². The standard InChI is InChI=1S/C5H9NO/c1-4-2-7-3-5(4)6-1/h4-6H,1-3H2. The first-order chi connectivity index (χ1) is 3.47. The van der Waals surface area contributed by atoms with Gasteiger partial charge in [-0.3, -0.25) is 0 Å². The van der Waals surface area contributed by atoms with Crippen LogP contribution in [0.5, 0.6) is 0 Å². The highest BCUT2D eigenvalue weighted by molar-refractivity contribution is 4.91. The molecule has 2 saturated heterocycles. The lowest BCUT2D eigenvalue weighted by atomic mass is 9.96. The Morgan fingerprint density at radius 2 is 2.43 bits per heavy atom. The Balaban J connectivity index is 2.03. The first-order valence-corrected chi connectivity index (χ1v) is 2.78. The molecule has 2 heterocycles. The highest BCUT2D eigenvalue weighted by Gasteiger charge is 2.34. The SMILES string of the molecule is C1NC2COCC12.